The molecule has 0 spiro atoms. The van der Waals surface area contributed by atoms with E-state index in [2.05, 4.69) is 9.97 Å². The van der Waals surface area contributed by atoms with Crippen molar-refractivity contribution in [2.24, 2.45) is 0 Å². The average molecular weight is 380 g/mol. The molecule has 26 heavy (non-hydrogen) atoms. The van der Waals surface area contributed by atoms with Gasteiger partial charge in [-0.15, -0.1) is 0 Å². The zero-order chi connectivity index (χ0) is 19.2. The topological polar surface area (TPSA) is 96.8 Å². The van der Waals surface area contributed by atoms with Gasteiger partial charge in [-0.05, 0) is 20.8 Å². The number of nitrogens with zero attached hydrogens (tertiary/aromatic N) is 2. The number of benzene rings is 1. The molecule has 8 nitrogen and oxygen atoms in total. The molecule has 0 fully saturated rings. The molecular formula is C17H21N2O6P. The zero-order valence-electron chi connectivity index (χ0n) is 15.1. The van der Waals surface area contributed by atoms with Crippen LogP contribution in [0.2, 0.25) is 0 Å². The van der Waals surface area contributed by atoms with E-state index in [0.717, 1.165) is 0 Å². The zero-order valence-corrected chi connectivity index (χ0v) is 16.0. The van der Waals surface area contributed by atoms with Crippen LogP contribution in [0, 0.1) is 6.92 Å². The molecule has 2 aromatic rings. The van der Waals surface area contributed by atoms with Crippen LogP contribution in [0.5, 0.6) is 6.01 Å². The molecule has 0 unspecified atom stereocenters. The summed E-state index contributed by atoms with van der Waals surface area (Å²) in [5, 5.41) is 0. The molecule has 0 aliphatic heterocycles. The number of phosphoric ester groups is 1. The molecule has 2 rings (SSSR count). The predicted molar refractivity (Wildman–Crippen MR) is 95.0 cm³/mol. The van der Waals surface area contributed by atoms with Gasteiger partial charge in [-0.2, -0.15) is 9.97 Å². The minimum absolute atomic E-state index is 0.127. The lowest BCUT2D eigenvalue weighted by molar-refractivity contribution is 0.0599. The van der Waals surface area contributed by atoms with Gasteiger partial charge in [-0.3, -0.25) is 9.05 Å². The Morgan fingerprint density at radius 2 is 1.69 bits per heavy atom. The van der Waals surface area contributed by atoms with E-state index in [0.29, 0.717) is 17.0 Å². The Morgan fingerprint density at radius 3 is 2.23 bits per heavy atom. The molecule has 0 atom stereocenters. The summed E-state index contributed by atoms with van der Waals surface area (Å²) in [5.41, 5.74) is 1.49. The maximum atomic E-state index is 12.6. The highest BCUT2D eigenvalue weighted by Gasteiger charge is 2.30. The van der Waals surface area contributed by atoms with Crippen LogP contribution in [0.4, 0.5) is 0 Å². The van der Waals surface area contributed by atoms with E-state index in [1.54, 1.807) is 45.0 Å². The fraction of sp³-hybridized carbons (Fsp3) is 0.353. The number of esters is 1. The molecule has 0 amide bonds. The molecule has 9 heteroatoms. The van der Waals surface area contributed by atoms with Crippen LogP contribution in [0.25, 0.3) is 11.3 Å². The maximum absolute atomic E-state index is 12.6. The number of hydrogen-bond donors (Lipinski definition) is 0. The first-order valence-corrected chi connectivity index (χ1v) is 9.51. The van der Waals surface area contributed by atoms with Crippen molar-refractivity contribution in [1.29, 1.82) is 0 Å². The van der Waals surface area contributed by atoms with Crippen LogP contribution < -0.4 is 4.52 Å². The van der Waals surface area contributed by atoms with Crippen LogP contribution in [0.1, 0.15) is 29.9 Å². The number of aryl methyl sites for hydroxylation is 1. The Balaban J connectivity index is 2.55. The summed E-state index contributed by atoms with van der Waals surface area (Å²) >= 11 is 0. The number of carbonyl (C=O) groups excluding carboxylic acids is 1. The van der Waals surface area contributed by atoms with Gasteiger partial charge in [-0.1, -0.05) is 30.3 Å². The number of hydrogen-bond acceptors (Lipinski definition) is 8. The van der Waals surface area contributed by atoms with Gasteiger partial charge in [0, 0.05) is 5.56 Å². The molecule has 1 aromatic heterocycles. The van der Waals surface area contributed by atoms with Crippen molar-refractivity contribution in [2.45, 2.75) is 20.8 Å². The highest BCUT2D eigenvalue weighted by Crippen LogP contribution is 2.48. The number of carbonyl (C=O) groups is 1. The molecular weight excluding hydrogens is 359 g/mol. The summed E-state index contributed by atoms with van der Waals surface area (Å²) in [4.78, 5) is 20.6. The van der Waals surface area contributed by atoms with Gasteiger partial charge in [0.1, 0.15) is 5.56 Å². The van der Waals surface area contributed by atoms with Crippen molar-refractivity contribution in [2.75, 3.05) is 20.3 Å². The Kier molecular flexibility index (Phi) is 6.85. The van der Waals surface area contributed by atoms with Crippen molar-refractivity contribution in [3.05, 3.63) is 41.6 Å². The number of phosphoric acid groups is 1. The molecule has 0 saturated heterocycles. The lowest BCUT2D eigenvalue weighted by atomic mass is 10.0. The molecule has 0 radical (unpaired) electrons. The Labute approximate surface area is 152 Å². The summed E-state index contributed by atoms with van der Waals surface area (Å²) in [6.07, 6.45) is 0. The second-order valence-corrected chi connectivity index (χ2v) is 6.64. The van der Waals surface area contributed by atoms with E-state index < -0.39 is 13.8 Å². The van der Waals surface area contributed by atoms with Gasteiger partial charge in [-0.25, -0.2) is 9.36 Å². The third-order valence-electron chi connectivity index (χ3n) is 3.27. The predicted octanol–water partition coefficient (Wildman–Crippen LogP) is 3.80. The Morgan fingerprint density at radius 1 is 1.08 bits per heavy atom. The number of aromatic nitrogens is 2. The molecule has 1 heterocycles. The van der Waals surface area contributed by atoms with Gasteiger partial charge in [0.05, 0.1) is 31.7 Å². The van der Waals surface area contributed by atoms with Crippen LogP contribution in [-0.4, -0.2) is 36.3 Å². The first-order chi connectivity index (χ1) is 12.4. The maximum Gasteiger partial charge on any atom is 0.532 e. The molecule has 0 bridgehead atoms. The number of methoxy groups -OCH3 is 1. The Bertz CT molecular complexity index is 802. The van der Waals surface area contributed by atoms with E-state index in [9.17, 15) is 9.36 Å². The van der Waals surface area contributed by atoms with Crippen LogP contribution in [-0.2, 0) is 18.3 Å². The molecule has 140 valence electrons. The standard InChI is InChI=1S/C17H21N2O6P/c1-5-23-26(21,24-6-2)25-17-18-12(3)14(16(20)22-4)15(19-17)13-10-8-7-9-11-13/h7-11H,5-6H2,1-4H3. The number of ether oxygens (including phenoxy) is 1. The summed E-state index contributed by atoms with van der Waals surface area (Å²) in [5.74, 6) is -0.578. The molecule has 0 aliphatic carbocycles. The summed E-state index contributed by atoms with van der Waals surface area (Å²) in [7, 11) is -2.58. The van der Waals surface area contributed by atoms with E-state index in [4.69, 9.17) is 18.3 Å². The molecule has 0 aliphatic rings. The number of rotatable bonds is 8. The Hall–Kier alpha value is -2.28. The van der Waals surface area contributed by atoms with Crippen molar-refractivity contribution in [3.8, 4) is 17.3 Å². The fourth-order valence-corrected chi connectivity index (χ4v) is 3.34. The van der Waals surface area contributed by atoms with Crippen molar-refractivity contribution in [1.82, 2.24) is 9.97 Å². The van der Waals surface area contributed by atoms with Crippen LogP contribution in [0.3, 0.4) is 0 Å². The molecule has 0 N–H and O–H groups in total. The first-order valence-electron chi connectivity index (χ1n) is 8.05. The van der Waals surface area contributed by atoms with Crippen LogP contribution in [0.15, 0.2) is 30.3 Å². The van der Waals surface area contributed by atoms with E-state index in [-0.39, 0.29) is 24.8 Å². The second-order valence-electron chi connectivity index (χ2n) is 5.05. The van der Waals surface area contributed by atoms with E-state index in [1.165, 1.54) is 7.11 Å². The van der Waals surface area contributed by atoms with Crippen molar-refractivity contribution < 1.29 is 27.7 Å². The van der Waals surface area contributed by atoms with Crippen LogP contribution >= 0.6 is 7.82 Å². The van der Waals surface area contributed by atoms with Gasteiger partial charge in [0.25, 0.3) is 0 Å². The fourth-order valence-electron chi connectivity index (χ4n) is 2.25. The summed E-state index contributed by atoms with van der Waals surface area (Å²) < 4.78 is 32.9. The third kappa shape index (κ3) is 4.66. The third-order valence-corrected chi connectivity index (χ3v) is 4.81. The van der Waals surface area contributed by atoms with Crippen molar-refractivity contribution in [3.63, 3.8) is 0 Å². The lowest BCUT2D eigenvalue weighted by Crippen LogP contribution is -2.12. The smallest absolute Gasteiger partial charge is 0.465 e. The summed E-state index contributed by atoms with van der Waals surface area (Å²) in [6, 6.07) is 8.80. The highest BCUT2D eigenvalue weighted by molar-refractivity contribution is 7.48. The first kappa shape index (κ1) is 20.0. The minimum atomic E-state index is -3.86. The SMILES string of the molecule is CCOP(=O)(OCC)Oc1nc(C)c(C(=O)OC)c(-c2ccccc2)n1. The van der Waals surface area contributed by atoms with Gasteiger partial charge < -0.3 is 9.26 Å². The normalized spacial score (nSPS) is 11.2. The van der Waals surface area contributed by atoms with Crippen molar-refractivity contribution >= 4 is 13.8 Å². The quantitative estimate of drug-likeness (QED) is 0.504. The largest absolute Gasteiger partial charge is 0.532 e. The summed E-state index contributed by atoms with van der Waals surface area (Å²) in [6.45, 7) is 5.19. The van der Waals surface area contributed by atoms with Gasteiger partial charge in [0.2, 0.25) is 0 Å². The van der Waals surface area contributed by atoms with Gasteiger partial charge >= 0.3 is 19.8 Å². The second kappa shape index (κ2) is 8.89. The molecule has 0 saturated carbocycles. The molecule has 1 aromatic carbocycles. The lowest BCUT2D eigenvalue weighted by Gasteiger charge is -2.17. The monoisotopic (exact) mass is 380 g/mol. The highest BCUT2D eigenvalue weighted by atomic mass is 31.2. The average Bonchev–Trinajstić information content (AvgIpc) is 2.61. The van der Waals surface area contributed by atoms with E-state index in [1.807, 2.05) is 6.07 Å². The van der Waals surface area contributed by atoms with E-state index >= 15 is 0 Å². The minimum Gasteiger partial charge on any atom is -0.465 e. The van der Waals surface area contributed by atoms with Gasteiger partial charge in [0.15, 0.2) is 0 Å².